The van der Waals surface area contributed by atoms with Gasteiger partial charge in [0.05, 0.1) is 31.1 Å². The second kappa shape index (κ2) is 8.12. The van der Waals surface area contributed by atoms with Crippen molar-refractivity contribution in [1.29, 1.82) is 0 Å². The van der Waals surface area contributed by atoms with Crippen LogP contribution in [0.25, 0.3) is 0 Å². The molecule has 0 radical (unpaired) electrons. The first-order chi connectivity index (χ1) is 13.4. The van der Waals surface area contributed by atoms with Crippen LogP contribution in [0.15, 0.2) is 36.4 Å². The lowest BCUT2D eigenvalue weighted by atomic mass is 10.1. The van der Waals surface area contributed by atoms with Gasteiger partial charge < -0.3 is 19.8 Å². The highest BCUT2D eigenvalue weighted by molar-refractivity contribution is 7.90. The molecule has 7 nitrogen and oxygen atoms in total. The van der Waals surface area contributed by atoms with Crippen LogP contribution < -0.4 is 15.2 Å². The van der Waals surface area contributed by atoms with Crippen molar-refractivity contribution in [2.24, 2.45) is 0 Å². The Bertz CT molecular complexity index is 915. The molecule has 0 fully saturated rings. The van der Waals surface area contributed by atoms with Crippen LogP contribution in [0.2, 0.25) is 0 Å². The van der Waals surface area contributed by atoms with Crippen LogP contribution in [-0.4, -0.2) is 47.0 Å². The fraction of sp³-hybridized carbons (Fsp3) is 0.300. The number of nitrogen functional groups attached to an aromatic ring is 1. The van der Waals surface area contributed by atoms with E-state index in [-0.39, 0.29) is 22.6 Å². The Hall–Kier alpha value is -2.71. The molecule has 28 heavy (non-hydrogen) atoms. The summed E-state index contributed by atoms with van der Waals surface area (Å²) in [5, 5.41) is 0. The molecule has 2 aromatic rings. The molecule has 2 atom stereocenters. The van der Waals surface area contributed by atoms with Crippen LogP contribution >= 0.6 is 0 Å². The highest BCUT2D eigenvalue weighted by atomic mass is 32.2. The maximum atomic E-state index is 13.0. The lowest BCUT2D eigenvalue weighted by Crippen LogP contribution is -2.37. The zero-order valence-corrected chi connectivity index (χ0v) is 16.7. The Morgan fingerprint density at radius 1 is 1.18 bits per heavy atom. The van der Waals surface area contributed by atoms with Crippen LogP contribution in [0.4, 0.5) is 5.69 Å². The second-order valence-corrected chi connectivity index (χ2v) is 7.83. The van der Waals surface area contributed by atoms with E-state index in [1.165, 1.54) is 13.4 Å². The van der Waals surface area contributed by atoms with Crippen LogP contribution in [0, 0.1) is 0 Å². The summed E-state index contributed by atoms with van der Waals surface area (Å²) in [4.78, 5) is 27.2. The van der Waals surface area contributed by atoms with Gasteiger partial charge in [-0.1, -0.05) is 23.3 Å². The van der Waals surface area contributed by atoms with E-state index < -0.39 is 29.0 Å². The Labute approximate surface area is 166 Å². The van der Waals surface area contributed by atoms with Gasteiger partial charge >= 0.3 is 0 Å². The molecule has 3 rings (SSSR count). The smallest absolute Gasteiger partial charge is 0.264 e. The lowest BCUT2D eigenvalue weighted by Gasteiger charge is -2.27. The summed E-state index contributed by atoms with van der Waals surface area (Å²) >= 11 is -1.26. The number of carbonyl (C=O) groups is 2. The van der Waals surface area contributed by atoms with Gasteiger partial charge in [0.25, 0.3) is 11.8 Å². The number of nitrogens with two attached hydrogens (primary N) is 1. The Kier molecular flexibility index (Phi) is 5.81. The molecule has 1 aliphatic heterocycles. The van der Waals surface area contributed by atoms with E-state index in [1.54, 1.807) is 36.4 Å². The van der Waals surface area contributed by atoms with Gasteiger partial charge in [0.2, 0.25) is 0 Å². The molecule has 0 aromatic heterocycles. The summed E-state index contributed by atoms with van der Waals surface area (Å²) in [6.45, 7) is 2.27. The third-order valence-electron chi connectivity index (χ3n) is 4.56. The van der Waals surface area contributed by atoms with Crippen molar-refractivity contribution in [2.75, 3.05) is 31.5 Å². The van der Waals surface area contributed by atoms with Gasteiger partial charge in [-0.25, -0.2) is 0 Å². The predicted octanol–water partition coefficient (Wildman–Crippen LogP) is 2.39. The van der Waals surface area contributed by atoms with E-state index in [0.717, 1.165) is 4.90 Å². The number of amides is 2. The van der Waals surface area contributed by atoms with Gasteiger partial charge in [-0.15, -0.1) is 0 Å². The zero-order valence-electron chi connectivity index (χ0n) is 15.9. The highest BCUT2D eigenvalue weighted by Crippen LogP contribution is 2.37. The van der Waals surface area contributed by atoms with E-state index in [4.69, 9.17) is 15.2 Å². The Morgan fingerprint density at radius 3 is 2.54 bits per heavy atom. The normalized spacial score (nSPS) is 15.4. The van der Waals surface area contributed by atoms with Crippen molar-refractivity contribution in [2.45, 2.75) is 13.0 Å². The average Bonchev–Trinajstić information content (AvgIpc) is 2.91. The number of fused-ring (bicyclic) bond motifs is 1. The summed E-state index contributed by atoms with van der Waals surface area (Å²) in [6.07, 6.45) is 1.53. The molecule has 148 valence electrons. The van der Waals surface area contributed by atoms with Crippen molar-refractivity contribution >= 4 is 28.7 Å². The van der Waals surface area contributed by atoms with Crippen molar-refractivity contribution < 1.29 is 23.6 Å². The number of ether oxygens (including phenoxy) is 2. The first-order valence-corrected chi connectivity index (χ1v) is 10.5. The van der Waals surface area contributed by atoms with E-state index in [0.29, 0.717) is 23.7 Å². The average molecular weight is 402 g/mol. The minimum atomic E-state index is -1.26. The van der Waals surface area contributed by atoms with Gasteiger partial charge in [-0.3, -0.25) is 14.5 Å². The number of rotatable bonds is 7. The number of carbonyl (C=O) groups excluding carboxylic acids is 2. The summed E-state index contributed by atoms with van der Waals surface area (Å²) < 4.78 is 23.0. The van der Waals surface area contributed by atoms with Crippen LogP contribution in [0.1, 0.15) is 39.2 Å². The van der Waals surface area contributed by atoms with Crippen molar-refractivity contribution in [1.82, 2.24) is 4.90 Å². The first kappa shape index (κ1) is 20.0. The molecule has 2 amide bonds. The van der Waals surface area contributed by atoms with Crippen LogP contribution in [0.5, 0.6) is 11.5 Å². The Morgan fingerprint density at radius 2 is 1.93 bits per heavy atom. The molecule has 2 N–H and O–H groups in total. The lowest BCUT2D eigenvalue weighted by molar-refractivity contribution is 0.0597. The summed E-state index contributed by atoms with van der Waals surface area (Å²) in [5.41, 5.74) is 7.27. The maximum Gasteiger partial charge on any atom is 0.264 e. The Balaban J connectivity index is 2.07. The van der Waals surface area contributed by atoms with E-state index in [9.17, 15) is 14.1 Å². The number of hydrogen-bond acceptors (Lipinski definition) is 6. The molecule has 8 heteroatoms. The largest absolute Gasteiger partial charge is 0.616 e. The minimum absolute atomic E-state index is 0.100. The molecule has 0 saturated heterocycles. The van der Waals surface area contributed by atoms with Gasteiger partial charge in [0.15, 0.2) is 11.5 Å². The summed E-state index contributed by atoms with van der Waals surface area (Å²) in [6, 6.07) is 9.24. The van der Waals surface area contributed by atoms with Crippen LogP contribution in [-0.2, 0) is 11.2 Å². The number of nitrogens with zero attached hydrogens (tertiary/aromatic N) is 1. The fourth-order valence-electron chi connectivity index (χ4n) is 3.32. The molecule has 1 aliphatic rings. The fourth-order valence-corrected chi connectivity index (χ4v) is 4.11. The highest BCUT2D eigenvalue weighted by Gasteiger charge is 2.43. The summed E-state index contributed by atoms with van der Waals surface area (Å²) in [5.74, 6) is 0.196. The molecule has 0 spiro atoms. The third kappa shape index (κ3) is 3.53. The number of anilines is 1. The van der Waals surface area contributed by atoms with Gasteiger partial charge in [0.1, 0.15) is 11.8 Å². The third-order valence-corrected chi connectivity index (χ3v) is 5.34. The van der Waals surface area contributed by atoms with E-state index in [1.807, 2.05) is 6.92 Å². The monoisotopic (exact) mass is 402 g/mol. The van der Waals surface area contributed by atoms with Gasteiger partial charge in [0, 0.05) is 5.69 Å². The topological polar surface area (TPSA) is 105 Å². The molecule has 2 aromatic carbocycles. The number of benzene rings is 2. The number of methoxy groups -OCH3 is 1. The predicted molar refractivity (Wildman–Crippen MR) is 107 cm³/mol. The molecule has 1 heterocycles. The maximum absolute atomic E-state index is 13.0. The van der Waals surface area contributed by atoms with E-state index >= 15 is 0 Å². The number of imide groups is 1. The molecule has 0 bridgehead atoms. The molecule has 0 saturated carbocycles. The van der Waals surface area contributed by atoms with Crippen molar-refractivity contribution in [3.8, 4) is 11.5 Å². The second-order valence-electron chi connectivity index (χ2n) is 6.35. The van der Waals surface area contributed by atoms with Crippen LogP contribution in [0.3, 0.4) is 0 Å². The zero-order chi connectivity index (χ0) is 20.4. The number of hydrogen-bond donors (Lipinski definition) is 1. The SMILES string of the molecule is CCOc1cc(C(C[S+](C)[O-])N2C(=O)c3cccc(N)c3C2=O)ccc1OC. The van der Waals surface area contributed by atoms with Crippen molar-refractivity contribution in [3.63, 3.8) is 0 Å². The molecule has 2 unspecified atom stereocenters. The van der Waals surface area contributed by atoms with Crippen molar-refractivity contribution in [3.05, 3.63) is 53.1 Å². The van der Waals surface area contributed by atoms with Gasteiger partial charge in [-0.05, 0) is 36.8 Å². The molecular weight excluding hydrogens is 380 g/mol. The minimum Gasteiger partial charge on any atom is -0.616 e. The molecular formula is C20H22N2O5S. The van der Waals surface area contributed by atoms with E-state index in [2.05, 4.69) is 0 Å². The quantitative estimate of drug-likeness (QED) is 0.433. The molecule has 0 aliphatic carbocycles. The first-order valence-electron chi connectivity index (χ1n) is 8.76. The summed E-state index contributed by atoms with van der Waals surface area (Å²) in [7, 11) is 1.53. The van der Waals surface area contributed by atoms with Gasteiger partial charge in [-0.2, -0.15) is 0 Å². The standard InChI is InChI=1S/C20H22N2O5S/c1-4-27-17-10-12(8-9-16(17)26-2)15(11-28(3)25)22-19(23)13-6-5-7-14(21)18(13)20(22)24/h5-10,15H,4,11,21H2,1-3H3.